The lowest BCUT2D eigenvalue weighted by molar-refractivity contribution is -0.385. The molecule has 0 aromatic heterocycles. The normalized spacial score (nSPS) is 16.3. The van der Waals surface area contributed by atoms with E-state index < -0.39 is 0 Å². The van der Waals surface area contributed by atoms with Crippen LogP contribution in [0.15, 0.2) is 18.2 Å². The van der Waals surface area contributed by atoms with Crippen LogP contribution in [0.2, 0.25) is 0 Å². The first-order valence-corrected chi connectivity index (χ1v) is 7.09. The number of nitrogens with one attached hydrogen (secondary N) is 1. The van der Waals surface area contributed by atoms with E-state index >= 15 is 0 Å². The van der Waals surface area contributed by atoms with Crippen LogP contribution in [-0.2, 0) is 6.42 Å². The van der Waals surface area contributed by atoms with E-state index in [-0.39, 0.29) is 10.6 Å². The minimum Gasteiger partial charge on any atom is -0.313 e. The summed E-state index contributed by atoms with van der Waals surface area (Å²) in [6.45, 7) is 5.10. The van der Waals surface area contributed by atoms with Gasteiger partial charge in [-0.3, -0.25) is 10.1 Å². The van der Waals surface area contributed by atoms with Crippen molar-refractivity contribution in [2.24, 2.45) is 5.92 Å². The van der Waals surface area contributed by atoms with Gasteiger partial charge in [0, 0.05) is 17.7 Å². The number of nitro benzene ring substituents is 1. The van der Waals surface area contributed by atoms with E-state index in [4.69, 9.17) is 0 Å². The molecule has 1 unspecified atom stereocenters. The van der Waals surface area contributed by atoms with E-state index in [1.165, 1.54) is 12.8 Å². The van der Waals surface area contributed by atoms with Crippen LogP contribution in [0.5, 0.6) is 0 Å². The third-order valence-electron chi connectivity index (χ3n) is 3.85. The summed E-state index contributed by atoms with van der Waals surface area (Å²) in [5.41, 5.74) is 2.19. The van der Waals surface area contributed by atoms with Gasteiger partial charge in [-0.1, -0.05) is 19.1 Å². The molecule has 1 aliphatic carbocycles. The second kappa shape index (κ2) is 6.15. The summed E-state index contributed by atoms with van der Waals surface area (Å²) in [7, 11) is 0. The fourth-order valence-corrected chi connectivity index (χ4v) is 2.58. The highest BCUT2D eigenvalue weighted by atomic mass is 16.6. The Balaban J connectivity index is 2.18. The van der Waals surface area contributed by atoms with E-state index in [0.29, 0.717) is 12.0 Å². The molecule has 0 aliphatic heterocycles. The number of nitro groups is 1. The van der Waals surface area contributed by atoms with Crippen molar-refractivity contribution < 1.29 is 4.92 Å². The number of benzene rings is 1. The Morgan fingerprint density at radius 3 is 2.79 bits per heavy atom. The minimum atomic E-state index is -0.258. The summed E-state index contributed by atoms with van der Waals surface area (Å²) in [6, 6.07) is 5.74. The van der Waals surface area contributed by atoms with Gasteiger partial charge < -0.3 is 5.32 Å². The standard InChI is InChI=1S/C15H22N2O2/c1-3-9-16-14(12-7-8-12)10-13-11(2)5-4-6-15(13)17(18)19/h4-6,12,14,16H,3,7-10H2,1-2H3. The van der Waals surface area contributed by atoms with Gasteiger partial charge in [0.1, 0.15) is 0 Å². The van der Waals surface area contributed by atoms with Crippen LogP contribution in [0.25, 0.3) is 0 Å². The van der Waals surface area contributed by atoms with Crippen molar-refractivity contribution >= 4 is 5.69 Å². The van der Waals surface area contributed by atoms with E-state index in [2.05, 4.69) is 12.2 Å². The largest absolute Gasteiger partial charge is 0.313 e. The summed E-state index contributed by atoms with van der Waals surface area (Å²) in [5, 5.41) is 14.7. The first-order chi connectivity index (χ1) is 9.13. The molecule has 4 heteroatoms. The van der Waals surface area contributed by atoms with Crippen LogP contribution in [-0.4, -0.2) is 17.5 Å². The van der Waals surface area contributed by atoms with Crippen molar-refractivity contribution in [2.75, 3.05) is 6.54 Å². The number of hydrogen-bond donors (Lipinski definition) is 1. The molecule has 0 heterocycles. The third-order valence-corrected chi connectivity index (χ3v) is 3.85. The quantitative estimate of drug-likeness (QED) is 0.606. The van der Waals surface area contributed by atoms with Gasteiger partial charge in [-0.2, -0.15) is 0 Å². The molecule has 1 atom stereocenters. The van der Waals surface area contributed by atoms with Crippen molar-refractivity contribution in [2.45, 2.75) is 45.6 Å². The molecule has 1 fully saturated rings. The zero-order chi connectivity index (χ0) is 13.8. The molecular formula is C15H22N2O2. The van der Waals surface area contributed by atoms with Crippen molar-refractivity contribution in [1.29, 1.82) is 0 Å². The molecule has 19 heavy (non-hydrogen) atoms. The molecule has 1 aliphatic rings. The fourth-order valence-electron chi connectivity index (χ4n) is 2.58. The van der Waals surface area contributed by atoms with Crippen LogP contribution in [0.4, 0.5) is 5.69 Å². The topological polar surface area (TPSA) is 55.2 Å². The number of aryl methyl sites for hydroxylation is 1. The second-order valence-corrected chi connectivity index (χ2v) is 5.43. The Bertz CT molecular complexity index is 455. The maximum Gasteiger partial charge on any atom is 0.272 e. The highest BCUT2D eigenvalue weighted by molar-refractivity contribution is 5.45. The minimum absolute atomic E-state index is 0.258. The maximum absolute atomic E-state index is 11.1. The smallest absolute Gasteiger partial charge is 0.272 e. The zero-order valence-electron chi connectivity index (χ0n) is 11.7. The molecule has 0 spiro atoms. The van der Waals surface area contributed by atoms with Crippen LogP contribution >= 0.6 is 0 Å². The number of nitrogens with zero attached hydrogens (tertiary/aromatic N) is 1. The maximum atomic E-state index is 11.1. The van der Waals surface area contributed by atoms with E-state index in [0.717, 1.165) is 30.5 Å². The Kier molecular flexibility index (Phi) is 4.53. The zero-order valence-corrected chi connectivity index (χ0v) is 11.7. The lowest BCUT2D eigenvalue weighted by Gasteiger charge is -2.19. The van der Waals surface area contributed by atoms with Crippen LogP contribution in [0.3, 0.4) is 0 Å². The van der Waals surface area contributed by atoms with Gasteiger partial charge in [0.05, 0.1) is 4.92 Å². The van der Waals surface area contributed by atoms with Gasteiger partial charge in [-0.05, 0) is 50.6 Å². The summed E-state index contributed by atoms with van der Waals surface area (Å²) in [5.74, 6) is 0.700. The van der Waals surface area contributed by atoms with Crippen molar-refractivity contribution in [3.63, 3.8) is 0 Å². The molecule has 1 saturated carbocycles. The molecule has 0 bridgehead atoms. The van der Waals surface area contributed by atoms with Crippen molar-refractivity contribution in [1.82, 2.24) is 5.32 Å². The lowest BCUT2D eigenvalue weighted by Crippen LogP contribution is -2.34. The molecule has 4 nitrogen and oxygen atoms in total. The first kappa shape index (κ1) is 14.0. The Morgan fingerprint density at radius 1 is 1.47 bits per heavy atom. The van der Waals surface area contributed by atoms with Gasteiger partial charge in [-0.15, -0.1) is 0 Å². The summed E-state index contributed by atoms with van der Waals surface area (Å²) >= 11 is 0. The lowest BCUT2D eigenvalue weighted by atomic mass is 9.96. The van der Waals surface area contributed by atoms with Gasteiger partial charge in [0.25, 0.3) is 5.69 Å². The molecule has 0 radical (unpaired) electrons. The number of rotatable bonds is 7. The third kappa shape index (κ3) is 3.53. The van der Waals surface area contributed by atoms with Gasteiger partial charge in [0.15, 0.2) is 0 Å². The van der Waals surface area contributed by atoms with Crippen molar-refractivity contribution in [3.8, 4) is 0 Å². The fraction of sp³-hybridized carbons (Fsp3) is 0.600. The average Bonchev–Trinajstić information content (AvgIpc) is 3.20. The average molecular weight is 262 g/mol. The predicted octanol–water partition coefficient (Wildman–Crippen LogP) is 3.22. The summed E-state index contributed by atoms with van der Waals surface area (Å²) in [6.07, 6.45) is 4.37. The molecule has 1 N–H and O–H groups in total. The Hall–Kier alpha value is -1.42. The molecule has 2 rings (SSSR count). The van der Waals surface area contributed by atoms with Crippen LogP contribution in [0.1, 0.15) is 37.3 Å². The molecule has 1 aromatic carbocycles. The summed E-state index contributed by atoms with van der Waals surface area (Å²) in [4.78, 5) is 10.9. The van der Waals surface area contributed by atoms with Crippen LogP contribution in [0, 0.1) is 23.0 Å². The molecule has 0 saturated heterocycles. The second-order valence-electron chi connectivity index (χ2n) is 5.43. The molecule has 1 aromatic rings. The van der Waals surface area contributed by atoms with E-state index in [1.54, 1.807) is 12.1 Å². The predicted molar refractivity (Wildman–Crippen MR) is 76.3 cm³/mol. The van der Waals surface area contributed by atoms with Crippen LogP contribution < -0.4 is 5.32 Å². The monoisotopic (exact) mass is 262 g/mol. The summed E-state index contributed by atoms with van der Waals surface area (Å²) < 4.78 is 0. The van der Waals surface area contributed by atoms with Gasteiger partial charge >= 0.3 is 0 Å². The SMILES string of the molecule is CCCNC(Cc1c(C)cccc1[N+](=O)[O-])C1CC1. The first-order valence-electron chi connectivity index (χ1n) is 7.09. The molecule has 104 valence electrons. The van der Waals surface area contributed by atoms with E-state index in [1.807, 2.05) is 13.0 Å². The van der Waals surface area contributed by atoms with E-state index in [9.17, 15) is 10.1 Å². The van der Waals surface area contributed by atoms with Gasteiger partial charge in [0.2, 0.25) is 0 Å². The Labute approximate surface area is 114 Å². The highest BCUT2D eigenvalue weighted by Gasteiger charge is 2.32. The van der Waals surface area contributed by atoms with Gasteiger partial charge in [-0.25, -0.2) is 0 Å². The highest BCUT2D eigenvalue weighted by Crippen LogP contribution is 2.35. The number of hydrogen-bond acceptors (Lipinski definition) is 3. The molecular weight excluding hydrogens is 240 g/mol. The molecule has 0 amide bonds. The Morgan fingerprint density at radius 2 is 2.21 bits per heavy atom. The van der Waals surface area contributed by atoms with Crippen molar-refractivity contribution in [3.05, 3.63) is 39.4 Å².